The number of allylic oxidation sites excluding steroid dienone is 1. The molecule has 134 valence electrons. The van der Waals surface area contributed by atoms with E-state index >= 15 is 0 Å². The number of rotatable bonds is 4. The van der Waals surface area contributed by atoms with Crippen molar-refractivity contribution in [3.8, 4) is 22.3 Å². The van der Waals surface area contributed by atoms with E-state index in [9.17, 15) is 0 Å². The van der Waals surface area contributed by atoms with Crippen molar-refractivity contribution in [1.82, 2.24) is 0 Å². The molecule has 0 aromatic heterocycles. The lowest BCUT2D eigenvalue weighted by Gasteiger charge is -2.18. The molecule has 0 N–H and O–H groups in total. The molecule has 0 atom stereocenters. The van der Waals surface area contributed by atoms with Crippen molar-refractivity contribution in [3.05, 3.63) is 90.5 Å². The zero-order valence-electron chi connectivity index (χ0n) is 16.7. The molecule has 0 saturated heterocycles. The second kappa shape index (κ2) is 9.20. The molecule has 0 heteroatoms. The first kappa shape index (κ1) is 19.7. The Morgan fingerprint density at radius 1 is 0.654 bits per heavy atom. The molecule has 26 heavy (non-hydrogen) atoms. The van der Waals surface area contributed by atoms with E-state index in [0.717, 1.165) is 5.57 Å². The zero-order valence-corrected chi connectivity index (χ0v) is 16.7. The van der Waals surface area contributed by atoms with E-state index < -0.39 is 0 Å². The highest BCUT2D eigenvalue weighted by Crippen LogP contribution is 2.38. The van der Waals surface area contributed by atoms with Crippen molar-refractivity contribution in [2.45, 2.75) is 40.5 Å². The molecule has 0 bridgehead atoms. The fourth-order valence-corrected chi connectivity index (χ4v) is 3.29. The first-order valence-corrected chi connectivity index (χ1v) is 9.53. The maximum absolute atomic E-state index is 4.16. The van der Waals surface area contributed by atoms with Gasteiger partial charge in [0.05, 0.1) is 0 Å². The third-order valence-electron chi connectivity index (χ3n) is 4.48. The van der Waals surface area contributed by atoms with Gasteiger partial charge in [-0.05, 0) is 46.2 Å². The second-order valence-electron chi connectivity index (χ2n) is 6.61. The van der Waals surface area contributed by atoms with Crippen LogP contribution in [0.3, 0.4) is 0 Å². The van der Waals surface area contributed by atoms with Gasteiger partial charge in [-0.3, -0.25) is 0 Å². The Hall–Kier alpha value is -2.60. The second-order valence-corrected chi connectivity index (χ2v) is 6.61. The molecule has 0 fully saturated rings. The summed E-state index contributed by atoms with van der Waals surface area (Å²) >= 11 is 0. The Bertz CT molecular complexity index is 868. The smallest absolute Gasteiger partial charge is 0.00992 e. The molecule has 0 spiro atoms. The van der Waals surface area contributed by atoms with Crippen LogP contribution in [0.2, 0.25) is 0 Å². The minimum Gasteiger partial charge on any atom is -0.0955 e. The van der Waals surface area contributed by atoms with E-state index in [4.69, 9.17) is 0 Å². The number of hydrogen-bond acceptors (Lipinski definition) is 0. The van der Waals surface area contributed by atoms with E-state index in [1.165, 1.54) is 33.4 Å². The van der Waals surface area contributed by atoms with E-state index in [1.807, 2.05) is 13.8 Å². The van der Waals surface area contributed by atoms with Gasteiger partial charge < -0.3 is 0 Å². The van der Waals surface area contributed by atoms with Crippen molar-refractivity contribution < 1.29 is 0 Å². The molecule has 0 saturated carbocycles. The lowest BCUT2D eigenvalue weighted by atomic mass is 9.86. The van der Waals surface area contributed by atoms with Crippen LogP contribution in [-0.4, -0.2) is 0 Å². The highest BCUT2D eigenvalue weighted by Gasteiger charge is 2.14. The summed E-state index contributed by atoms with van der Waals surface area (Å²) in [5.41, 5.74) is 8.82. The summed E-state index contributed by atoms with van der Waals surface area (Å²) in [4.78, 5) is 0. The van der Waals surface area contributed by atoms with Crippen molar-refractivity contribution in [3.63, 3.8) is 0 Å². The minimum absolute atomic E-state index is 0.491. The van der Waals surface area contributed by atoms with Crippen LogP contribution in [0.1, 0.15) is 51.7 Å². The molecule has 0 aliphatic carbocycles. The molecule has 0 heterocycles. The summed E-state index contributed by atoms with van der Waals surface area (Å²) in [7, 11) is 0. The van der Waals surface area contributed by atoms with Crippen LogP contribution >= 0.6 is 0 Å². The molecular formula is C26H30. The minimum atomic E-state index is 0.491. The molecule has 0 amide bonds. The quantitative estimate of drug-likeness (QED) is 0.448. The zero-order chi connectivity index (χ0) is 19.1. The highest BCUT2D eigenvalue weighted by molar-refractivity contribution is 5.90. The van der Waals surface area contributed by atoms with Gasteiger partial charge in [-0.2, -0.15) is 0 Å². The predicted octanol–water partition coefficient (Wildman–Crippen LogP) is 8.20. The summed E-state index contributed by atoms with van der Waals surface area (Å²) in [6.45, 7) is 14.7. The fourth-order valence-electron chi connectivity index (χ4n) is 3.29. The SMILES string of the molecule is C=C(C)c1ccccc1-c1ccccc1-c1ccccc1C(C)C.CC. The van der Waals surface area contributed by atoms with Crippen LogP contribution in [-0.2, 0) is 0 Å². The maximum atomic E-state index is 4.16. The van der Waals surface area contributed by atoms with Crippen LogP contribution in [0, 0.1) is 0 Å². The maximum Gasteiger partial charge on any atom is -0.00992 e. The largest absolute Gasteiger partial charge is 0.0955 e. The standard InChI is InChI=1S/C24H24.C2H6/c1-17(2)19-11-5-7-13-21(19)23-15-9-10-16-24(23)22-14-8-6-12-20(22)18(3)4;1-2/h5-16,18H,1H2,2-4H3;1-2H3. The Kier molecular flexibility index (Phi) is 6.97. The topological polar surface area (TPSA) is 0 Å². The Balaban J connectivity index is 0.00000117. The lowest BCUT2D eigenvalue weighted by Crippen LogP contribution is -1.95. The van der Waals surface area contributed by atoms with Crippen LogP contribution < -0.4 is 0 Å². The number of hydrogen-bond donors (Lipinski definition) is 0. The Labute approximate surface area is 159 Å². The molecule has 0 radical (unpaired) electrons. The Morgan fingerprint density at radius 3 is 1.62 bits per heavy atom. The van der Waals surface area contributed by atoms with Crippen molar-refractivity contribution in [2.24, 2.45) is 0 Å². The molecule has 0 nitrogen and oxygen atoms in total. The van der Waals surface area contributed by atoms with E-state index in [2.05, 4.69) is 100 Å². The van der Waals surface area contributed by atoms with Crippen molar-refractivity contribution >= 4 is 5.57 Å². The average Bonchev–Trinajstić information content (AvgIpc) is 2.69. The lowest BCUT2D eigenvalue weighted by molar-refractivity contribution is 0.869. The first-order valence-electron chi connectivity index (χ1n) is 9.53. The van der Waals surface area contributed by atoms with E-state index in [-0.39, 0.29) is 0 Å². The molecule has 3 aromatic rings. The van der Waals surface area contributed by atoms with Gasteiger partial charge in [-0.15, -0.1) is 0 Å². The molecule has 0 aliphatic rings. The molecule has 3 aromatic carbocycles. The van der Waals surface area contributed by atoms with Crippen molar-refractivity contribution in [1.29, 1.82) is 0 Å². The molecule has 0 aliphatic heterocycles. The van der Waals surface area contributed by atoms with E-state index in [1.54, 1.807) is 0 Å². The summed E-state index contributed by atoms with van der Waals surface area (Å²) in [6, 6.07) is 25.9. The number of benzene rings is 3. The predicted molar refractivity (Wildman–Crippen MR) is 117 cm³/mol. The normalized spacial score (nSPS) is 10.2. The van der Waals surface area contributed by atoms with Gasteiger partial charge in [-0.25, -0.2) is 0 Å². The monoisotopic (exact) mass is 342 g/mol. The third kappa shape index (κ3) is 4.14. The summed E-state index contributed by atoms with van der Waals surface area (Å²) in [5.74, 6) is 0.491. The highest BCUT2D eigenvalue weighted by atomic mass is 14.2. The van der Waals surface area contributed by atoms with Gasteiger partial charge in [0.1, 0.15) is 0 Å². The van der Waals surface area contributed by atoms with Gasteiger partial charge >= 0.3 is 0 Å². The van der Waals surface area contributed by atoms with Crippen LogP contribution in [0.4, 0.5) is 0 Å². The van der Waals surface area contributed by atoms with Gasteiger partial charge in [0.15, 0.2) is 0 Å². The Morgan fingerprint density at radius 2 is 1.08 bits per heavy atom. The average molecular weight is 343 g/mol. The van der Waals surface area contributed by atoms with Gasteiger partial charge in [0.2, 0.25) is 0 Å². The summed E-state index contributed by atoms with van der Waals surface area (Å²) < 4.78 is 0. The van der Waals surface area contributed by atoms with E-state index in [0.29, 0.717) is 5.92 Å². The first-order chi connectivity index (χ1) is 12.6. The third-order valence-corrected chi connectivity index (χ3v) is 4.48. The van der Waals surface area contributed by atoms with Crippen molar-refractivity contribution in [2.75, 3.05) is 0 Å². The molecule has 3 rings (SSSR count). The van der Waals surface area contributed by atoms with Crippen LogP contribution in [0.25, 0.3) is 27.8 Å². The van der Waals surface area contributed by atoms with Gasteiger partial charge in [0.25, 0.3) is 0 Å². The van der Waals surface area contributed by atoms with Crippen LogP contribution in [0.15, 0.2) is 79.4 Å². The fraction of sp³-hybridized carbons (Fsp3) is 0.231. The van der Waals surface area contributed by atoms with Gasteiger partial charge in [-0.1, -0.05) is 113 Å². The van der Waals surface area contributed by atoms with Gasteiger partial charge in [0, 0.05) is 0 Å². The van der Waals surface area contributed by atoms with Crippen LogP contribution in [0.5, 0.6) is 0 Å². The summed E-state index contributed by atoms with van der Waals surface area (Å²) in [6.07, 6.45) is 0. The molecular weight excluding hydrogens is 312 g/mol. The molecule has 0 unspecified atom stereocenters. The summed E-state index contributed by atoms with van der Waals surface area (Å²) in [5, 5.41) is 0.